The van der Waals surface area contributed by atoms with Gasteiger partial charge < -0.3 is 14.8 Å². The topological polar surface area (TPSA) is 107 Å². The van der Waals surface area contributed by atoms with Crippen LogP contribution in [0.25, 0.3) is 0 Å². The summed E-state index contributed by atoms with van der Waals surface area (Å²) in [4.78, 5) is 28.8. The maximum absolute atomic E-state index is 12.6. The van der Waals surface area contributed by atoms with E-state index < -0.39 is 0 Å². The van der Waals surface area contributed by atoms with Crippen molar-refractivity contribution in [1.29, 1.82) is 0 Å². The van der Waals surface area contributed by atoms with E-state index in [9.17, 15) is 9.59 Å². The predicted molar refractivity (Wildman–Crippen MR) is 127 cm³/mol. The van der Waals surface area contributed by atoms with Crippen molar-refractivity contribution in [2.75, 3.05) is 23.8 Å². The van der Waals surface area contributed by atoms with Gasteiger partial charge in [0, 0.05) is 5.69 Å². The number of aryl methyl sites for hydroxylation is 2. The Hall–Kier alpha value is -3.40. The lowest BCUT2D eigenvalue weighted by atomic mass is 10.0. The summed E-state index contributed by atoms with van der Waals surface area (Å²) in [7, 11) is 0. The summed E-state index contributed by atoms with van der Waals surface area (Å²) in [6.07, 6.45) is 1.62. The van der Waals surface area contributed by atoms with Gasteiger partial charge in [-0.1, -0.05) is 18.2 Å². The number of benzene rings is 2. The van der Waals surface area contributed by atoms with Gasteiger partial charge >= 0.3 is 0 Å². The van der Waals surface area contributed by atoms with E-state index in [1.807, 2.05) is 51.1 Å². The Bertz CT molecular complexity index is 1190. The first-order valence-electron chi connectivity index (χ1n) is 10.5. The average molecular weight is 514 g/mol. The van der Waals surface area contributed by atoms with Crippen LogP contribution in [0.2, 0.25) is 0 Å². The van der Waals surface area contributed by atoms with Gasteiger partial charge in [0.2, 0.25) is 11.9 Å². The Balaban J connectivity index is 1.56. The second-order valence-electron chi connectivity index (χ2n) is 7.66. The molecule has 2 heterocycles. The molecule has 2 aromatic carbocycles. The molecular formula is C23H24BrN5O4. The largest absolute Gasteiger partial charge is 0.490 e. The number of hydrogen-bond acceptors (Lipinski definition) is 6. The standard InChI is InChI=1S/C23H24BrN5O4/c1-4-32-18-9-15(17-10-19(30)28-23-25-12-26-29(17)23)8-16(24)22(18)33-11-20(31)27-21-13(2)6-5-7-14(21)3/h5-9,12,17H,4,10-11H2,1-3H3,(H,27,31)(H,25,26,28,30)/t17-/m0/s1. The monoisotopic (exact) mass is 513 g/mol. The van der Waals surface area contributed by atoms with Gasteiger partial charge in [0.15, 0.2) is 18.1 Å². The molecule has 0 bridgehead atoms. The highest BCUT2D eigenvalue weighted by molar-refractivity contribution is 9.10. The molecule has 0 saturated heterocycles. The number of nitrogens with one attached hydrogen (secondary N) is 2. The van der Waals surface area contributed by atoms with Crippen molar-refractivity contribution in [1.82, 2.24) is 14.8 Å². The number of carbonyl (C=O) groups excluding carboxylic acids is 2. The Morgan fingerprint density at radius 2 is 2.03 bits per heavy atom. The highest BCUT2D eigenvalue weighted by Gasteiger charge is 2.29. The third-order valence-corrected chi connectivity index (χ3v) is 5.90. The van der Waals surface area contributed by atoms with Gasteiger partial charge in [-0.3, -0.25) is 14.9 Å². The number of fused-ring (bicyclic) bond motifs is 1. The first-order chi connectivity index (χ1) is 15.9. The first kappa shape index (κ1) is 22.8. The Morgan fingerprint density at radius 1 is 1.27 bits per heavy atom. The number of nitrogens with zero attached hydrogens (tertiary/aromatic N) is 3. The van der Waals surface area contributed by atoms with Crippen molar-refractivity contribution in [2.45, 2.75) is 33.2 Å². The SMILES string of the molecule is CCOc1cc([C@@H]2CC(=O)Nc3ncnn32)cc(Br)c1OCC(=O)Nc1c(C)cccc1C. The number of amides is 2. The van der Waals surface area contributed by atoms with Crippen molar-refractivity contribution in [2.24, 2.45) is 0 Å². The minimum absolute atomic E-state index is 0.141. The molecule has 172 valence electrons. The maximum Gasteiger partial charge on any atom is 0.262 e. The molecule has 0 saturated carbocycles. The first-order valence-corrected chi connectivity index (χ1v) is 11.3. The van der Waals surface area contributed by atoms with Crippen molar-refractivity contribution in [3.63, 3.8) is 0 Å². The van der Waals surface area contributed by atoms with E-state index in [2.05, 4.69) is 36.6 Å². The molecule has 33 heavy (non-hydrogen) atoms. The van der Waals surface area contributed by atoms with Gasteiger partial charge in [0.25, 0.3) is 5.91 Å². The number of anilines is 2. The molecule has 4 rings (SSSR count). The summed E-state index contributed by atoms with van der Waals surface area (Å²) in [5.74, 6) is 0.861. The van der Waals surface area contributed by atoms with Crippen LogP contribution in [0, 0.1) is 13.8 Å². The van der Waals surface area contributed by atoms with Gasteiger partial charge in [-0.2, -0.15) is 10.1 Å². The van der Waals surface area contributed by atoms with Gasteiger partial charge in [0.05, 0.1) is 23.5 Å². The normalized spacial score (nSPS) is 14.9. The molecule has 0 radical (unpaired) electrons. The van der Waals surface area contributed by atoms with Crippen LogP contribution in [0.3, 0.4) is 0 Å². The van der Waals surface area contributed by atoms with Crippen LogP contribution >= 0.6 is 15.9 Å². The molecule has 1 aliphatic rings. The van der Waals surface area contributed by atoms with Crippen molar-refractivity contribution < 1.29 is 19.1 Å². The lowest BCUT2D eigenvalue weighted by Gasteiger charge is -2.25. The summed E-state index contributed by atoms with van der Waals surface area (Å²) >= 11 is 3.54. The van der Waals surface area contributed by atoms with Crippen LogP contribution < -0.4 is 20.1 Å². The molecule has 1 aromatic heterocycles. The fraction of sp³-hybridized carbons (Fsp3) is 0.304. The van der Waals surface area contributed by atoms with Gasteiger partial charge in [0.1, 0.15) is 6.33 Å². The maximum atomic E-state index is 12.6. The summed E-state index contributed by atoms with van der Waals surface area (Å²) in [6, 6.07) is 9.14. The van der Waals surface area contributed by atoms with Crippen LogP contribution in [0.1, 0.15) is 36.1 Å². The number of aromatic nitrogens is 3. The third kappa shape index (κ3) is 4.85. The molecule has 0 fully saturated rings. The Labute approximate surface area is 199 Å². The zero-order valence-electron chi connectivity index (χ0n) is 18.5. The smallest absolute Gasteiger partial charge is 0.262 e. The molecule has 0 spiro atoms. The lowest BCUT2D eigenvalue weighted by Crippen LogP contribution is -2.29. The minimum atomic E-state index is -0.340. The molecule has 9 nitrogen and oxygen atoms in total. The van der Waals surface area contributed by atoms with Gasteiger partial charge in [-0.15, -0.1) is 0 Å². The second-order valence-corrected chi connectivity index (χ2v) is 8.52. The molecule has 1 atom stereocenters. The summed E-state index contributed by atoms with van der Waals surface area (Å²) in [6.45, 7) is 5.96. The Morgan fingerprint density at radius 3 is 2.76 bits per heavy atom. The fourth-order valence-corrected chi connectivity index (χ4v) is 4.35. The van der Waals surface area contributed by atoms with E-state index >= 15 is 0 Å². The van der Waals surface area contributed by atoms with Crippen molar-refractivity contribution >= 4 is 39.4 Å². The summed E-state index contributed by atoms with van der Waals surface area (Å²) in [5.41, 5.74) is 3.55. The van der Waals surface area contributed by atoms with Crippen LogP contribution in [-0.4, -0.2) is 39.8 Å². The van der Waals surface area contributed by atoms with E-state index in [1.54, 1.807) is 4.68 Å². The zero-order valence-corrected chi connectivity index (χ0v) is 20.1. The zero-order chi connectivity index (χ0) is 23.5. The summed E-state index contributed by atoms with van der Waals surface area (Å²) in [5, 5.41) is 9.86. The third-order valence-electron chi connectivity index (χ3n) is 5.31. The van der Waals surface area contributed by atoms with Gasteiger partial charge in [-0.05, 0) is 65.5 Å². The molecule has 0 aliphatic carbocycles. The second kappa shape index (κ2) is 9.62. The van der Waals surface area contributed by atoms with E-state index in [0.29, 0.717) is 28.5 Å². The Kier molecular flexibility index (Phi) is 6.64. The van der Waals surface area contributed by atoms with E-state index in [-0.39, 0.29) is 30.9 Å². The van der Waals surface area contributed by atoms with E-state index in [4.69, 9.17) is 9.47 Å². The van der Waals surface area contributed by atoms with Crippen LogP contribution in [0.15, 0.2) is 41.1 Å². The number of rotatable bonds is 7. The lowest BCUT2D eigenvalue weighted by molar-refractivity contribution is -0.118. The molecule has 2 N–H and O–H groups in total. The highest BCUT2D eigenvalue weighted by Crippen LogP contribution is 2.40. The number of carbonyl (C=O) groups is 2. The molecule has 2 amide bonds. The van der Waals surface area contributed by atoms with Crippen molar-refractivity contribution in [3.8, 4) is 11.5 Å². The fourth-order valence-electron chi connectivity index (χ4n) is 3.77. The molecule has 0 unspecified atom stereocenters. The van der Waals surface area contributed by atoms with Crippen LogP contribution in [0.5, 0.6) is 11.5 Å². The number of para-hydroxylation sites is 1. The quantitative estimate of drug-likeness (QED) is 0.494. The van der Waals surface area contributed by atoms with Gasteiger partial charge in [-0.25, -0.2) is 4.68 Å². The van der Waals surface area contributed by atoms with E-state index in [0.717, 1.165) is 22.4 Å². The molecule has 1 aliphatic heterocycles. The highest BCUT2D eigenvalue weighted by atomic mass is 79.9. The molecule has 10 heteroatoms. The molecular weight excluding hydrogens is 490 g/mol. The number of hydrogen-bond donors (Lipinski definition) is 2. The average Bonchev–Trinajstić information content (AvgIpc) is 3.23. The predicted octanol–water partition coefficient (Wildman–Crippen LogP) is 4.01. The molecule has 3 aromatic rings. The number of ether oxygens (including phenoxy) is 2. The number of halogens is 1. The van der Waals surface area contributed by atoms with Crippen LogP contribution in [-0.2, 0) is 9.59 Å². The van der Waals surface area contributed by atoms with E-state index in [1.165, 1.54) is 6.33 Å². The van der Waals surface area contributed by atoms with Crippen LogP contribution in [0.4, 0.5) is 11.6 Å². The summed E-state index contributed by atoms with van der Waals surface area (Å²) < 4.78 is 13.9. The van der Waals surface area contributed by atoms with Crippen molar-refractivity contribution in [3.05, 3.63) is 57.8 Å². The minimum Gasteiger partial charge on any atom is -0.490 e.